The average Bonchev–Trinajstić information content (AvgIpc) is 3.95. The van der Waals surface area contributed by atoms with E-state index >= 15 is 0 Å². The number of methoxy groups -OCH3 is 1. The Bertz CT molecular complexity index is 1890. The molecule has 0 unspecified atom stereocenters. The molecule has 1 aromatic carbocycles. The van der Waals surface area contributed by atoms with Crippen molar-refractivity contribution in [2.45, 2.75) is 100.0 Å². The standard InChI is InChI=1S/C34H42FN5O10S/c1-18-7-5-6-8-21-16-34(21,31(43)39-51(46,47)33(3)10-11-33)38-28(41)25-14-22(17-40(25)30(42)27(19(2)49-18)37-32(44)45)50-29-23-15-24(35)26(48-4)13-20(23)9-12-36-29/h6,8-9,12-13,15,18-19,21-22,25,27,37H,5,7,10-11,14,16-17H2,1-4H3,(H,38,41)(H,39,43)(H,44,45)/t18-,19+,21-,22-,25+,27+,34-/m1/s1. The molecule has 4 amide bonds. The number of allylic oxidation sites excluding steroid dienone is 1. The highest BCUT2D eigenvalue weighted by Gasteiger charge is 2.63. The first kappa shape index (κ1) is 36.3. The first-order valence-corrected chi connectivity index (χ1v) is 18.4. The maximum absolute atomic E-state index is 14.7. The van der Waals surface area contributed by atoms with Crippen LogP contribution < -0.4 is 24.8 Å². The van der Waals surface area contributed by atoms with Crippen LogP contribution >= 0.6 is 0 Å². The Morgan fingerprint density at radius 3 is 2.65 bits per heavy atom. The molecule has 3 fully saturated rings. The fourth-order valence-corrected chi connectivity index (χ4v) is 8.10. The molecule has 1 aromatic heterocycles. The topological polar surface area (TPSA) is 203 Å². The molecule has 4 aliphatic rings. The summed E-state index contributed by atoms with van der Waals surface area (Å²) in [5.41, 5.74) is -1.61. The second kappa shape index (κ2) is 13.6. The molecule has 0 bridgehead atoms. The number of hydrogen-bond acceptors (Lipinski definition) is 10. The molecule has 2 aliphatic carbocycles. The predicted molar refractivity (Wildman–Crippen MR) is 180 cm³/mol. The van der Waals surface area contributed by atoms with Crippen LogP contribution in [0.1, 0.15) is 59.3 Å². The second-order valence-corrected chi connectivity index (χ2v) is 16.2. The van der Waals surface area contributed by atoms with Crippen LogP contribution in [0.25, 0.3) is 10.8 Å². The van der Waals surface area contributed by atoms with Crippen LogP contribution in [0.5, 0.6) is 11.6 Å². The minimum atomic E-state index is -4.04. The Balaban J connectivity index is 1.34. The van der Waals surface area contributed by atoms with Gasteiger partial charge in [-0.2, -0.15) is 0 Å². The van der Waals surface area contributed by atoms with Crippen molar-refractivity contribution >= 4 is 44.6 Å². The number of carbonyl (C=O) groups excluding carboxylic acids is 3. The van der Waals surface area contributed by atoms with Crippen LogP contribution in [0.2, 0.25) is 0 Å². The lowest BCUT2D eigenvalue weighted by Crippen LogP contribution is -2.60. The fourth-order valence-electron chi connectivity index (χ4n) is 6.79. The van der Waals surface area contributed by atoms with E-state index in [9.17, 15) is 37.1 Å². The van der Waals surface area contributed by atoms with Gasteiger partial charge < -0.3 is 34.9 Å². The molecule has 2 aliphatic heterocycles. The minimum Gasteiger partial charge on any atom is -0.494 e. The van der Waals surface area contributed by atoms with Crippen LogP contribution in [0.4, 0.5) is 9.18 Å². The first-order valence-electron chi connectivity index (χ1n) is 16.9. The van der Waals surface area contributed by atoms with Gasteiger partial charge in [-0.05, 0) is 76.5 Å². The smallest absolute Gasteiger partial charge is 0.405 e. The van der Waals surface area contributed by atoms with Crippen molar-refractivity contribution in [2.75, 3.05) is 13.7 Å². The second-order valence-electron chi connectivity index (χ2n) is 14.0. The lowest BCUT2D eigenvalue weighted by molar-refractivity contribution is -0.144. The van der Waals surface area contributed by atoms with Crippen LogP contribution in [-0.4, -0.2) is 102 Å². The summed E-state index contributed by atoms with van der Waals surface area (Å²) >= 11 is 0. The van der Waals surface area contributed by atoms with Gasteiger partial charge in [0.05, 0.1) is 30.6 Å². The van der Waals surface area contributed by atoms with E-state index in [1.165, 1.54) is 30.3 Å². The first-order chi connectivity index (χ1) is 24.1. The summed E-state index contributed by atoms with van der Waals surface area (Å²) in [6.07, 6.45) is 3.12. The summed E-state index contributed by atoms with van der Waals surface area (Å²) in [7, 11) is -2.70. The van der Waals surface area contributed by atoms with E-state index in [4.69, 9.17) is 14.2 Å². The number of nitrogens with one attached hydrogen (secondary N) is 3. The molecule has 4 N–H and O–H groups in total. The van der Waals surface area contributed by atoms with E-state index in [-0.39, 0.29) is 31.0 Å². The minimum absolute atomic E-state index is 0.0153. The molecule has 0 spiro atoms. The van der Waals surface area contributed by atoms with Gasteiger partial charge in [-0.3, -0.25) is 19.1 Å². The highest BCUT2D eigenvalue weighted by molar-refractivity contribution is 7.91. The van der Waals surface area contributed by atoms with Crippen LogP contribution in [0.15, 0.2) is 36.5 Å². The highest BCUT2D eigenvalue weighted by atomic mass is 32.2. The third-order valence-electron chi connectivity index (χ3n) is 10.3. The maximum Gasteiger partial charge on any atom is 0.405 e. The number of sulfonamides is 1. The van der Waals surface area contributed by atoms with Gasteiger partial charge in [-0.1, -0.05) is 12.2 Å². The van der Waals surface area contributed by atoms with Gasteiger partial charge in [0.15, 0.2) is 11.6 Å². The van der Waals surface area contributed by atoms with Gasteiger partial charge in [0.1, 0.15) is 23.7 Å². The van der Waals surface area contributed by atoms with Crippen molar-refractivity contribution in [3.05, 3.63) is 42.4 Å². The van der Waals surface area contributed by atoms with Gasteiger partial charge in [-0.15, -0.1) is 0 Å². The number of halogens is 1. The number of fused-ring (bicyclic) bond motifs is 3. The van der Waals surface area contributed by atoms with Gasteiger partial charge in [0, 0.05) is 23.9 Å². The highest BCUT2D eigenvalue weighted by Crippen LogP contribution is 2.47. The maximum atomic E-state index is 14.7. The predicted octanol–water partition coefficient (Wildman–Crippen LogP) is 2.38. The molecule has 15 nitrogen and oxygen atoms in total. The summed E-state index contributed by atoms with van der Waals surface area (Å²) in [5, 5.41) is 15.5. The Morgan fingerprint density at radius 1 is 1.22 bits per heavy atom. The van der Waals surface area contributed by atoms with Crippen LogP contribution in [0.3, 0.4) is 0 Å². The summed E-state index contributed by atoms with van der Waals surface area (Å²) in [6, 6.07) is 1.61. The number of aromatic nitrogens is 1. The number of pyridine rings is 1. The van der Waals surface area contributed by atoms with Crippen LogP contribution in [0, 0.1) is 11.7 Å². The molecule has 2 saturated carbocycles. The zero-order valence-electron chi connectivity index (χ0n) is 28.7. The number of ether oxygens (including phenoxy) is 3. The molecule has 276 valence electrons. The molecule has 6 rings (SSSR count). The fraction of sp³-hybridized carbons (Fsp3) is 0.559. The molecule has 0 radical (unpaired) electrons. The molecule has 1 saturated heterocycles. The Kier molecular flexibility index (Phi) is 9.65. The summed E-state index contributed by atoms with van der Waals surface area (Å²) in [5.74, 6) is -3.55. The third kappa shape index (κ3) is 7.18. The zero-order valence-corrected chi connectivity index (χ0v) is 29.5. The monoisotopic (exact) mass is 731 g/mol. The van der Waals surface area contributed by atoms with Gasteiger partial charge in [0.25, 0.3) is 5.91 Å². The van der Waals surface area contributed by atoms with Gasteiger partial charge >= 0.3 is 6.09 Å². The van der Waals surface area contributed by atoms with Crippen molar-refractivity contribution in [1.82, 2.24) is 25.2 Å². The Labute approximate surface area is 294 Å². The number of nitrogens with zero attached hydrogens (tertiary/aromatic N) is 2. The third-order valence-corrected chi connectivity index (χ3v) is 12.5. The molecule has 7 atom stereocenters. The van der Waals surface area contributed by atoms with Crippen molar-refractivity contribution in [3.8, 4) is 11.6 Å². The summed E-state index contributed by atoms with van der Waals surface area (Å²) in [6.45, 7) is 4.68. The number of carboxylic acid groups (broad SMARTS) is 1. The largest absolute Gasteiger partial charge is 0.494 e. The number of amides is 4. The molecular weight excluding hydrogens is 689 g/mol. The zero-order chi connectivity index (χ0) is 36.9. The molecule has 51 heavy (non-hydrogen) atoms. The number of benzene rings is 1. The van der Waals surface area contributed by atoms with E-state index in [1.54, 1.807) is 32.9 Å². The summed E-state index contributed by atoms with van der Waals surface area (Å²) < 4.78 is 59.3. The Morgan fingerprint density at radius 2 is 1.96 bits per heavy atom. The molecular formula is C34H42FN5O10S. The van der Waals surface area contributed by atoms with Crippen molar-refractivity contribution in [1.29, 1.82) is 0 Å². The van der Waals surface area contributed by atoms with E-state index in [1.807, 2.05) is 6.08 Å². The van der Waals surface area contributed by atoms with Gasteiger partial charge in [-0.25, -0.2) is 22.6 Å². The normalized spacial score (nSPS) is 30.6. The number of rotatable bonds is 7. The quantitative estimate of drug-likeness (QED) is 0.305. The van der Waals surface area contributed by atoms with E-state index < -0.39 is 86.3 Å². The van der Waals surface area contributed by atoms with E-state index in [0.29, 0.717) is 36.5 Å². The molecule has 17 heteroatoms. The van der Waals surface area contributed by atoms with Crippen LogP contribution in [-0.2, 0) is 29.1 Å². The average molecular weight is 732 g/mol. The number of hydrogen-bond donors (Lipinski definition) is 4. The lowest BCUT2D eigenvalue weighted by Gasteiger charge is -2.32. The van der Waals surface area contributed by atoms with E-state index in [0.717, 1.165) is 0 Å². The number of carbonyl (C=O) groups is 4. The van der Waals surface area contributed by atoms with Crippen molar-refractivity contribution in [3.63, 3.8) is 0 Å². The van der Waals surface area contributed by atoms with Crippen molar-refractivity contribution in [2.24, 2.45) is 5.92 Å². The SMILES string of the molecule is COc1cc2ccnc(O[C@@H]3C[C@H]4C(=O)N[C@]5(C(=O)NS(=O)(=O)C6(C)CC6)C[C@H]5C=CCC[C@@H](C)O[C@@H](C)[C@H](NC(=O)O)C(=O)N4C3)c2cc1F. The molecule has 3 heterocycles. The van der Waals surface area contributed by atoms with Gasteiger partial charge in [0.2, 0.25) is 27.7 Å². The summed E-state index contributed by atoms with van der Waals surface area (Å²) in [4.78, 5) is 59.5. The van der Waals surface area contributed by atoms with E-state index in [2.05, 4.69) is 20.3 Å². The van der Waals surface area contributed by atoms with Crippen molar-refractivity contribution < 1.29 is 51.3 Å². The molecule has 2 aromatic rings. The Hall–Kier alpha value is -4.51. The lowest BCUT2D eigenvalue weighted by atomic mass is 10.1.